The number of rotatable bonds is 3. The fourth-order valence-electron chi connectivity index (χ4n) is 1.68. The second kappa shape index (κ2) is 6.25. The van der Waals surface area contributed by atoms with Crippen molar-refractivity contribution >= 4 is 43.5 Å². The van der Waals surface area contributed by atoms with E-state index in [1.807, 2.05) is 24.3 Å². The maximum Gasteiger partial charge on any atom is 0.129 e. The second-order valence-corrected chi connectivity index (χ2v) is 6.10. The summed E-state index contributed by atoms with van der Waals surface area (Å²) in [6.45, 7) is 0. The molecule has 0 aliphatic carbocycles. The quantitative estimate of drug-likeness (QED) is 0.465. The molecule has 0 radical (unpaired) electrons. The summed E-state index contributed by atoms with van der Waals surface area (Å²) in [5.74, 6) is 0.451. The van der Waals surface area contributed by atoms with Crippen LogP contribution in [0.5, 0.6) is 5.75 Å². The lowest BCUT2D eigenvalue weighted by Gasteiger charge is -2.13. The fraction of sp³-hybridized carbons (Fsp3) is 0.143. The van der Waals surface area contributed by atoms with Gasteiger partial charge in [0.1, 0.15) is 11.6 Å². The first-order chi connectivity index (χ1) is 9.02. The molecule has 2 aromatic rings. The Balaban J connectivity index is 2.37. The average Bonchev–Trinajstić information content (AvgIpc) is 2.42. The van der Waals surface area contributed by atoms with E-state index in [0.29, 0.717) is 15.1 Å². The zero-order chi connectivity index (χ0) is 14.0. The molecule has 2 rings (SSSR count). The number of alkyl halides is 1. The lowest BCUT2D eigenvalue weighted by molar-refractivity contribution is 0.414. The highest BCUT2D eigenvalue weighted by Crippen LogP contribution is 2.36. The molecule has 1 atom stereocenters. The van der Waals surface area contributed by atoms with Crippen LogP contribution in [0.4, 0.5) is 4.39 Å². The number of methoxy groups -OCH3 is 1. The highest BCUT2D eigenvalue weighted by Gasteiger charge is 2.17. The van der Waals surface area contributed by atoms with Crippen molar-refractivity contribution < 1.29 is 9.13 Å². The normalized spacial score (nSPS) is 12.3. The molecular weight excluding hydrogens is 398 g/mol. The van der Waals surface area contributed by atoms with Gasteiger partial charge in [-0.3, -0.25) is 0 Å². The lowest BCUT2D eigenvalue weighted by Crippen LogP contribution is -1.97. The standard InChI is InChI=1S/C14H10Br2ClFO/c1-19-9-4-2-8(3-5-9)14(16)10-6-12(17)11(15)7-13(10)18/h2-7,14H,1H3. The third kappa shape index (κ3) is 3.30. The van der Waals surface area contributed by atoms with Gasteiger partial charge in [0.2, 0.25) is 0 Å². The number of hydrogen-bond acceptors (Lipinski definition) is 1. The molecule has 0 fully saturated rings. The highest BCUT2D eigenvalue weighted by atomic mass is 79.9. The Morgan fingerprint density at radius 1 is 1.21 bits per heavy atom. The Kier molecular flexibility index (Phi) is 4.87. The van der Waals surface area contributed by atoms with Crippen LogP contribution in [-0.4, -0.2) is 7.11 Å². The van der Waals surface area contributed by atoms with Gasteiger partial charge in [-0.2, -0.15) is 0 Å². The summed E-state index contributed by atoms with van der Waals surface area (Å²) in [6.07, 6.45) is 0. The Bertz CT molecular complexity index is 587. The van der Waals surface area contributed by atoms with Crippen LogP contribution in [0.15, 0.2) is 40.9 Å². The smallest absolute Gasteiger partial charge is 0.129 e. The minimum Gasteiger partial charge on any atom is -0.497 e. The SMILES string of the molecule is COc1ccc(C(Br)c2cc(Cl)c(Br)cc2F)cc1. The molecule has 0 N–H and O–H groups in total. The van der Waals surface area contributed by atoms with Crippen molar-refractivity contribution in [1.29, 1.82) is 0 Å². The van der Waals surface area contributed by atoms with E-state index in [0.717, 1.165) is 11.3 Å². The van der Waals surface area contributed by atoms with Gasteiger partial charge in [0.05, 0.1) is 17.0 Å². The Labute approximate surface area is 133 Å². The van der Waals surface area contributed by atoms with E-state index in [1.165, 1.54) is 6.07 Å². The summed E-state index contributed by atoms with van der Waals surface area (Å²) in [5.41, 5.74) is 1.43. The van der Waals surface area contributed by atoms with Crippen molar-refractivity contribution in [1.82, 2.24) is 0 Å². The number of hydrogen-bond donors (Lipinski definition) is 0. The molecule has 0 saturated heterocycles. The molecule has 1 nitrogen and oxygen atoms in total. The summed E-state index contributed by atoms with van der Waals surface area (Å²) < 4.78 is 19.6. The van der Waals surface area contributed by atoms with Gasteiger partial charge in [0, 0.05) is 10.0 Å². The van der Waals surface area contributed by atoms with Gasteiger partial charge in [-0.05, 0) is 45.8 Å². The van der Waals surface area contributed by atoms with E-state index in [-0.39, 0.29) is 10.6 Å². The van der Waals surface area contributed by atoms with Crippen LogP contribution in [0, 0.1) is 5.82 Å². The van der Waals surface area contributed by atoms with E-state index in [1.54, 1.807) is 13.2 Å². The molecule has 5 heteroatoms. The average molecular weight is 408 g/mol. The molecule has 0 spiro atoms. The van der Waals surface area contributed by atoms with E-state index < -0.39 is 0 Å². The zero-order valence-corrected chi connectivity index (χ0v) is 13.9. The number of benzene rings is 2. The topological polar surface area (TPSA) is 9.23 Å². The summed E-state index contributed by atoms with van der Waals surface area (Å²) in [7, 11) is 1.61. The maximum atomic E-state index is 14.0. The van der Waals surface area contributed by atoms with Gasteiger partial charge in [-0.15, -0.1) is 0 Å². The second-order valence-electron chi connectivity index (χ2n) is 3.92. The summed E-state index contributed by atoms with van der Waals surface area (Å²) >= 11 is 12.7. The molecule has 0 bridgehead atoms. The number of ether oxygens (including phenoxy) is 1. The first kappa shape index (κ1) is 14.8. The Hall–Kier alpha value is -0.580. The lowest BCUT2D eigenvalue weighted by atomic mass is 10.0. The Morgan fingerprint density at radius 2 is 1.84 bits per heavy atom. The first-order valence-corrected chi connectivity index (χ1v) is 7.54. The van der Waals surface area contributed by atoms with Crippen molar-refractivity contribution in [2.24, 2.45) is 0 Å². The van der Waals surface area contributed by atoms with Crippen LogP contribution in [0.2, 0.25) is 5.02 Å². The van der Waals surface area contributed by atoms with Crippen LogP contribution in [0.25, 0.3) is 0 Å². The summed E-state index contributed by atoms with van der Waals surface area (Å²) in [4.78, 5) is -0.260. The molecule has 19 heavy (non-hydrogen) atoms. The molecule has 0 amide bonds. The van der Waals surface area contributed by atoms with Crippen LogP contribution in [0.1, 0.15) is 16.0 Å². The minimum absolute atomic E-state index is 0.260. The molecule has 2 aromatic carbocycles. The molecule has 0 aromatic heterocycles. The van der Waals surface area contributed by atoms with E-state index in [4.69, 9.17) is 16.3 Å². The van der Waals surface area contributed by atoms with Crippen molar-refractivity contribution in [2.45, 2.75) is 4.83 Å². The van der Waals surface area contributed by atoms with E-state index >= 15 is 0 Å². The van der Waals surface area contributed by atoms with Crippen LogP contribution in [-0.2, 0) is 0 Å². The Morgan fingerprint density at radius 3 is 2.42 bits per heavy atom. The van der Waals surface area contributed by atoms with Gasteiger partial charge in [-0.25, -0.2) is 4.39 Å². The van der Waals surface area contributed by atoms with Gasteiger partial charge < -0.3 is 4.74 Å². The molecule has 0 saturated carbocycles. The van der Waals surface area contributed by atoms with Crippen molar-refractivity contribution in [2.75, 3.05) is 7.11 Å². The molecular formula is C14H10Br2ClFO. The van der Waals surface area contributed by atoms with Crippen LogP contribution < -0.4 is 4.74 Å². The van der Waals surface area contributed by atoms with E-state index in [9.17, 15) is 4.39 Å². The van der Waals surface area contributed by atoms with Crippen molar-refractivity contribution in [3.8, 4) is 5.75 Å². The molecule has 0 heterocycles. The minimum atomic E-state index is -0.311. The number of halogens is 4. The molecule has 0 aliphatic heterocycles. The molecule has 1 unspecified atom stereocenters. The molecule has 0 aliphatic rings. The molecule has 100 valence electrons. The highest BCUT2D eigenvalue weighted by molar-refractivity contribution is 9.10. The van der Waals surface area contributed by atoms with Crippen molar-refractivity contribution in [3.63, 3.8) is 0 Å². The van der Waals surface area contributed by atoms with Gasteiger partial charge in [-0.1, -0.05) is 39.7 Å². The maximum absolute atomic E-state index is 14.0. The van der Waals surface area contributed by atoms with Crippen LogP contribution in [0.3, 0.4) is 0 Å². The third-order valence-electron chi connectivity index (χ3n) is 2.72. The zero-order valence-electron chi connectivity index (χ0n) is 9.96. The third-order valence-corrected chi connectivity index (χ3v) is 4.94. The van der Waals surface area contributed by atoms with Crippen molar-refractivity contribution in [3.05, 3.63) is 62.8 Å². The predicted molar refractivity (Wildman–Crippen MR) is 82.9 cm³/mol. The van der Waals surface area contributed by atoms with Gasteiger partial charge >= 0.3 is 0 Å². The summed E-state index contributed by atoms with van der Waals surface area (Å²) in [5, 5.41) is 0.481. The predicted octanol–water partition coefficient (Wildman–Crippen LogP) is 5.73. The van der Waals surface area contributed by atoms with Gasteiger partial charge in [0.25, 0.3) is 0 Å². The fourth-order valence-corrected chi connectivity index (χ4v) is 2.83. The van der Waals surface area contributed by atoms with Crippen LogP contribution >= 0.6 is 43.5 Å². The van der Waals surface area contributed by atoms with E-state index in [2.05, 4.69) is 31.9 Å². The summed E-state index contributed by atoms with van der Waals surface area (Å²) in [6, 6.07) is 10.4. The first-order valence-electron chi connectivity index (χ1n) is 5.45. The largest absolute Gasteiger partial charge is 0.497 e. The van der Waals surface area contributed by atoms with Gasteiger partial charge in [0.15, 0.2) is 0 Å². The monoisotopic (exact) mass is 406 g/mol.